The van der Waals surface area contributed by atoms with Gasteiger partial charge in [0.1, 0.15) is 0 Å². The molecule has 0 radical (unpaired) electrons. The van der Waals surface area contributed by atoms with E-state index in [4.69, 9.17) is 21.1 Å². The first-order chi connectivity index (χ1) is 12.1. The van der Waals surface area contributed by atoms with Crippen molar-refractivity contribution in [3.8, 4) is 11.5 Å². The highest BCUT2D eigenvalue weighted by molar-refractivity contribution is 8.18. The fourth-order valence-corrected chi connectivity index (χ4v) is 3.61. The van der Waals surface area contributed by atoms with Crippen molar-refractivity contribution < 1.29 is 14.3 Å². The number of fused-ring (bicyclic) bond motifs is 1. The van der Waals surface area contributed by atoms with Gasteiger partial charge in [0.15, 0.2) is 16.7 Å². The van der Waals surface area contributed by atoms with Crippen LogP contribution in [-0.4, -0.2) is 29.8 Å². The van der Waals surface area contributed by atoms with Gasteiger partial charge in [0.05, 0.1) is 15.6 Å². The van der Waals surface area contributed by atoms with Gasteiger partial charge in [0.25, 0.3) is 5.91 Å². The van der Waals surface area contributed by atoms with Gasteiger partial charge in [-0.3, -0.25) is 9.69 Å². The number of halogens is 1. The Labute approximate surface area is 153 Å². The summed E-state index contributed by atoms with van der Waals surface area (Å²) in [6.07, 6.45) is 1.82. The Kier molecular flexibility index (Phi) is 4.15. The zero-order valence-corrected chi connectivity index (χ0v) is 14.8. The number of nitrogens with zero attached hydrogens (tertiary/aromatic N) is 2. The lowest BCUT2D eigenvalue weighted by Crippen LogP contribution is -2.23. The molecule has 0 unspecified atom stereocenters. The van der Waals surface area contributed by atoms with E-state index in [9.17, 15) is 4.79 Å². The molecule has 25 heavy (non-hydrogen) atoms. The number of carbonyl (C=O) groups is 1. The number of likely N-dealkylation sites (N-methyl/N-ethyl adjacent to an activating group) is 1. The Balaban J connectivity index is 1.64. The summed E-state index contributed by atoms with van der Waals surface area (Å²) in [7, 11) is 1.70. The Morgan fingerprint density at radius 2 is 2.00 bits per heavy atom. The maximum Gasteiger partial charge on any atom is 0.266 e. The lowest BCUT2D eigenvalue weighted by atomic mass is 10.2. The molecule has 0 saturated carbocycles. The van der Waals surface area contributed by atoms with Gasteiger partial charge < -0.3 is 9.47 Å². The van der Waals surface area contributed by atoms with Crippen LogP contribution in [0.1, 0.15) is 5.56 Å². The smallest absolute Gasteiger partial charge is 0.266 e. The molecular weight excluding hydrogens is 360 g/mol. The molecule has 2 aliphatic heterocycles. The van der Waals surface area contributed by atoms with Crippen molar-refractivity contribution in [3.05, 3.63) is 58.0 Å². The molecule has 0 N–H and O–H groups in total. The third kappa shape index (κ3) is 3.10. The van der Waals surface area contributed by atoms with Crippen LogP contribution in [0.2, 0.25) is 5.02 Å². The molecule has 2 aromatic rings. The largest absolute Gasteiger partial charge is 0.454 e. The van der Waals surface area contributed by atoms with E-state index in [1.807, 2.05) is 42.5 Å². The topological polar surface area (TPSA) is 51.1 Å². The highest BCUT2D eigenvalue weighted by atomic mass is 35.5. The summed E-state index contributed by atoms with van der Waals surface area (Å²) < 4.78 is 10.7. The second-order valence-electron chi connectivity index (χ2n) is 5.43. The van der Waals surface area contributed by atoms with Crippen LogP contribution in [-0.2, 0) is 4.79 Å². The molecule has 4 rings (SSSR count). The lowest BCUT2D eigenvalue weighted by molar-refractivity contribution is -0.121. The highest BCUT2D eigenvalue weighted by Gasteiger charge is 2.30. The van der Waals surface area contributed by atoms with Crippen LogP contribution in [0.3, 0.4) is 0 Å². The lowest BCUT2D eigenvalue weighted by Gasteiger charge is -2.07. The van der Waals surface area contributed by atoms with E-state index in [1.54, 1.807) is 13.1 Å². The SMILES string of the molecule is CN1C(=O)/C(=C\c2ccc3c(c2)OCO3)SC1=Nc1ccccc1Cl. The van der Waals surface area contributed by atoms with Gasteiger partial charge >= 0.3 is 0 Å². The van der Waals surface area contributed by atoms with Crippen LogP contribution in [0, 0.1) is 0 Å². The van der Waals surface area contributed by atoms with Crippen molar-refractivity contribution in [2.75, 3.05) is 13.8 Å². The molecule has 1 fully saturated rings. The van der Waals surface area contributed by atoms with Crippen molar-refractivity contribution in [1.29, 1.82) is 0 Å². The quantitative estimate of drug-likeness (QED) is 0.737. The molecule has 0 aromatic heterocycles. The molecule has 2 aliphatic rings. The molecule has 126 valence electrons. The Hall–Kier alpha value is -2.44. The van der Waals surface area contributed by atoms with E-state index in [0.717, 1.165) is 5.56 Å². The van der Waals surface area contributed by atoms with Gasteiger partial charge in [-0.05, 0) is 47.7 Å². The third-order valence-electron chi connectivity index (χ3n) is 3.77. The van der Waals surface area contributed by atoms with Crippen LogP contribution >= 0.6 is 23.4 Å². The molecule has 1 amide bonds. The predicted molar refractivity (Wildman–Crippen MR) is 99.5 cm³/mol. The van der Waals surface area contributed by atoms with Crippen LogP contribution in [0.5, 0.6) is 11.5 Å². The second kappa shape index (κ2) is 6.46. The molecule has 0 bridgehead atoms. The number of para-hydroxylation sites is 1. The summed E-state index contributed by atoms with van der Waals surface area (Å²) >= 11 is 7.46. The standard InChI is InChI=1S/C18H13ClN2O3S/c1-21-17(22)16(9-11-6-7-14-15(8-11)24-10-23-14)25-18(21)20-13-5-3-2-4-12(13)19/h2-9H,10H2,1H3/b16-9+,20-18?. The molecule has 0 aliphatic carbocycles. The summed E-state index contributed by atoms with van der Waals surface area (Å²) in [5.74, 6) is 1.29. The number of aliphatic imine (C=N–C) groups is 1. The maximum absolute atomic E-state index is 12.5. The number of carbonyl (C=O) groups excluding carboxylic acids is 1. The molecule has 2 aromatic carbocycles. The number of thioether (sulfide) groups is 1. The zero-order valence-electron chi connectivity index (χ0n) is 13.2. The minimum absolute atomic E-state index is 0.103. The summed E-state index contributed by atoms with van der Waals surface area (Å²) in [6, 6.07) is 12.9. The van der Waals surface area contributed by atoms with Crippen molar-refractivity contribution in [2.45, 2.75) is 0 Å². The van der Waals surface area contributed by atoms with Gasteiger partial charge in [0.2, 0.25) is 6.79 Å². The van der Waals surface area contributed by atoms with E-state index in [0.29, 0.717) is 32.3 Å². The predicted octanol–water partition coefficient (Wildman–Crippen LogP) is 4.30. The maximum atomic E-state index is 12.5. The minimum Gasteiger partial charge on any atom is -0.454 e. The number of benzene rings is 2. The molecule has 0 spiro atoms. The number of hydrogen-bond donors (Lipinski definition) is 0. The Morgan fingerprint density at radius 1 is 1.20 bits per heavy atom. The first kappa shape index (κ1) is 16.1. The van der Waals surface area contributed by atoms with Crippen LogP contribution in [0.15, 0.2) is 52.4 Å². The van der Waals surface area contributed by atoms with E-state index in [1.165, 1.54) is 16.7 Å². The van der Waals surface area contributed by atoms with E-state index < -0.39 is 0 Å². The van der Waals surface area contributed by atoms with Gasteiger partial charge in [-0.2, -0.15) is 0 Å². The number of amides is 1. The summed E-state index contributed by atoms with van der Waals surface area (Å²) in [5, 5.41) is 1.13. The van der Waals surface area contributed by atoms with E-state index in [-0.39, 0.29) is 12.7 Å². The van der Waals surface area contributed by atoms with E-state index >= 15 is 0 Å². The van der Waals surface area contributed by atoms with Crippen LogP contribution < -0.4 is 9.47 Å². The van der Waals surface area contributed by atoms with E-state index in [2.05, 4.69) is 4.99 Å². The third-order valence-corrected chi connectivity index (χ3v) is 5.15. The molecule has 5 nitrogen and oxygen atoms in total. The number of rotatable bonds is 2. The first-order valence-corrected chi connectivity index (χ1v) is 8.72. The number of ether oxygens (including phenoxy) is 2. The van der Waals surface area contributed by atoms with Crippen LogP contribution in [0.4, 0.5) is 5.69 Å². The van der Waals surface area contributed by atoms with Crippen molar-refractivity contribution in [3.63, 3.8) is 0 Å². The zero-order chi connectivity index (χ0) is 17.4. The summed E-state index contributed by atoms with van der Waals surface area (Å²) in [6.45, 7) is 0.223. The number of hydrogen-bond acceptors (Lipinski definition) is 5. The summed E-state index contributed by atoms with van der Waals surface area (Å²) in [5.41, 5.74) is 1.50. The van der Waals surface area contributed by atoms with Crippen LogP contribution in [0.25, 0.3) is 6.08 Å². The minimum atomic E-state index is -0.103. The van der Waals surface area contributed by atoms with Gasteiger partial charge in [0, 0.05) is 7.05 Å². The monoisotopic (exact) mass is 372 g/mol. The molecular formula is C18H13ClN2O3S. The molecule has 0 atom stereocenters. The normalized spacial score (nSPS) is 19.3. The fourth-order valence-electron chi connectivity index (χ4n) is 2.45. The van der Waals surface area contributed by atoms with Gasteiger partial charge in [-0.1, -0.05) is 29.8 Å². The van der Waals surface area contributed by atoms with Gasteiger partial charge in [-0.15, -0.1) is 0 Å². The van der Waals surface area contributed by atoms with Crippen molar-refractivity contribution in [1.82, 2.24) is 4.90 Å². The highest BCUT2D eigenvalue weighted by Crippen LogP contribution is 2.37. The van der Waals surface area contributed by atoms with Gasteiger partial charge in [-0.25, -0.2) is 4.99 Å². The average molecular weight is 373 g/mol. The Morgan fingerprint density at radius 3 is 2.84 bits per heavy atom. The van der Waals surface area contributed by atoms with Crippen molar-refractivity contribution in [2.24, 2.45) is 4.99 Å². The summed E-state index contributed by atoms with van der Waals surface area (Å²) in [4.78, 5) is 19.1. The molecule has 7 heteroatoms. The number of amidine groups is 1. The Bertz CT molecular complexity index is 926. The van der Waals surface area contributed by atoms with Crippen molar-refractivity contribution >= 4 is 46.2 Å². The molecule has 2 heterocycles. The molecule has 1 saturated heterocycles. The average Bonchev–Trinajstić information content (AvgIpc) is 3.17. The fraction of sp³-hybridized carbons (Fsp3) is 0.111. The second-order valence-corrected chi connectivity index (χ2v) is 6.85. The first-order valence-electron chi connectivity index (χ1n) is 7.52.